The summed E-state index contributed by atoms with van der Waals surface area (Å²) in [5.74, 6) is 0.136. The van der Waals surface area contributed by atoms with Crippen molar-refractivity contribution in [3.8, 4) is 0 Å². The van der Waals surface area contributed by atoms with Gasteiger partial charge in [-0.1, -0.05) is 19.9 Å². The van der Waals surface area contributed by atoms with Crippen molar-refractivity contribution in [1.29, 1.82) is 0 Å². The Morgan fingerprint density at radius 3 is 2.79 bits per heavy atom. The van der Waals surface area contributed by atoms with Gasteiger partial charge < -0.3 is 10.4 Å². The van der Waals surface area contributed by atoms with E-state index in [0.29, 0.717) is 4.88 Å². The van der Waals surface area contributed by atoms with Crippen molar-refractivity contribution in [2.75, 3.05) is 6.61 Å². The van der Waals surface area contributed by atoms with Crippen molar-refractivity contribution >= 4 is 17.2 Å². The van der Waals surface area contributed by atoms with Gasteiger partial charge in [-0.15, -0.1) is 11.3 Å². The molecule has 0 aromatic carbocycles. The van der Waals surface area contributed by atoms with Crippen LogP contribution in [0.2, 0.25) is 0 Å². The molecule has 1 heterocycles. The Morgan fingerprint density at radius 1 is 1.64 bits per heavy atom. The molecule has 1 rings (SSSR count). The third-order valence-corrected chi connectivity index (χ3v) is 2.93. The van der Waals surface area contributed by atoms with Crippen molar-refractivity contribution in [2.45, 2.75) is 19.9 Å². The van der Waals surface area contributed by atoms with E-state index >= 15 is 0 Å². The maximum absolute atomic E-state index is 11.6. The average Bonchev–Trinajstić information content (AvgIpc) is 2.65. The molecule has 0 aliphatic carbocycles. The summed E-state index contributed by atoms with van der Waals surface area (Å²) in [4.78, 5) is 12.3. The van der Waals surface area contributed by atoms with E-state index < -0.39 is 0 Å². The molecule has 1 aromatic rings. The fourth-order valence-corrected chi connectivity index (χ4v) is 1.70. The molecule has 0 saturated heterocycles. The molecule has 4 heteroatoms. The van der Waals surface area contributed by atoms with E-state index in [2.05, 4.69) is 5.32 Å². The number of aliphatic hydroxyl groups excluding tert-OH is 1. The van der Waals surface area contributed by atoms with Crippen molar-refractivity contribution in [3.05, 3.63) is 22.4 Å². The van der Waals surface area contributed by atoms with Crippen molar-refractivity contribution < 1.29 is 9.90 Å². The fourth-order valence-electron chi connectivity index (χ4n) is 1.07. The predicted molar refractivity (Wildman–Crippen MR) is 57.5 cm³/mol. The first-order valence-electron chi connectivity index (χ1n) is 4.60. The summed E-state index contributed by atoms with van der Waals surface area (Å²) in [6, 6.07) is 3.45. The Balaban J connectivity index is 2.56. The van der Waals surface area contributed by atoms with Crippen LogP contribution >= 0.6 is 11.3 Å². The van der Waals surface area contributed by atoms with Gasteiger partial charge in [-0.25, -0.2) is 0 Å². The Labute approximate surface area is 87.8 Å². The average molecular weight is 213 g/mol. The first-order valence-corrected chi connectivity index (χ1v) is 5.48. The molecular weight excluding hydrogens is 198 g/mol. The minimum Gasteiger partial charge on any atom is -0.394 e. The third-order valence-electron chi connectivity index (χ3n) is 2.06. The normalized spacial score (nSPS) is 12.9. The van der Waals surface area contributed by atoms with E-state index in [4.69, 9.17) is 5.11 Å². The minimum atomic E-state index is -0.162. The zero-order valence-electron chi connectivity index (χ0n) is 8.36. The quantitative estimate of drug-likeness (QED) is 0.796. The van der Waals surface area contributed by atoms with Crippen LogP contribution in [0.4, 0.5) is 0 Å². The van der Waals surface area contributed by atoms with Crippen molar-refractivity contribution in [3.63, 3.8) is 0 Å². The molecule has 0 fully saturated rings. The molecule has 1 amide bonds. The topological polar surface area (TPSA) is 49.3 Å². The smallest absolute Gasteiger partial charge is 0.261 e. The second-order valence-corrected chi connectivity index (χ2v) is 4.43. The van der Waals surface area contributed by atoms with E-state index in [9.17, 15) is 4.79 Å². The van der Waals surface area contributed by atoms with E-state index in [0.717, 1.165) is 0 Å². The van der Waals surface area contributed by atoms with Crippen LogP contribution in [0.15, 0.2) is 17.5 Å². The summed E-state index contributed by atoms with van der Waals surface area (Å²) in [5.41, 5.74) is 0. The van der Waals surface area contributed by atoms with E-state index in [1.165, 1.54) is 11.3 Å². The number of hydrogen-bond donors (Lipinski definition) is 2. The van der Waals surface area contributed by atoms with Crippen LogP contribution in [0.3, 0.4) is 0 Å². The Morgan fingerprint density at radius 2 is 2.36 bits per heavy atom. The molecule has 0 aliphatic rings. The van der Waals surface area contributed by atoms with Gasteiger partial charge in [-0.2, -0.15) is 0 Å². The monoisotopic (exact) mass is 213 g/mol. The number of carbonyl (C=O) groups excluding carboxylic acids is 1. The van der Waals surface area contributed by atoms with E-state index in [1.54, 1.807) is 6.07 Å². The number of rotatable bonds is 4. The molecule has 0 radical (unpaired) electrons. The third kappa shape index (κ3) is 2.82. The Hall–Kier alpha value is -0.870. The van der Waals surface area contributed by atoms with Gasteiger partial charge in [0, 0.05) is 0 Å². The van der Waals surface area contributed by atoms with Crippen molar-refractivity contribution in [2.24, 2.45) is 5.92 Å². The summed E-state index contributed by atoms with van der Waals surface area (Å²) >= 11 is 1.40. The lowest BCUT2D eigenvalue weighted by molar-refractivity contribution is 0.0901. The maximum atomic E-state index is 11.6. The van der Waals surface area contributed by atoms with Crippen LogP contribution < -0.4 is 5.32 Å². The van der Waals surface area contributed by atoms with Gasteiger partial charge in [-0.3, -0.25) is 4.79 Å². The molecule has 0 bridgehead atoms. The number of carbonyl (C=O) groups is 1. The second kappa shape index (κ2) is 5.12. The van der Waals surface area contributed by atoms with Gasteiger partial charge in [0.1, 0.15) is 0 Å². The molecule has 14 heavy (non-hydrogen) atoms. The highest BCUT2D eigenvalue weighted by atomic mass is 32.1. The van der Waals surface area contributed by atoms with E-state index in [1.807, 2.05) is 25.3 Å². The van der Waals surface area contributed by atoms with Crippen LogP contribution in [0.1, 0.15) is 23.5 Å². The first kappa shape index (κ1) is 11.2. The summed E-state index contributed by atoms with van der Waals surface area (Å²) in [5, 5.41) is 13.7. The highest BCUT2D eigenvalue weighted by Gasteiger charge is 2.16. The number of nitrogens with one attached hydrogen (secondary N) is 1. The molecule has 0 unspecified atom stereocenters. The Bertz CT molecular complexity index is 282. The molecule has 0 spiro atoms. The summed E-state index contributed by atoms with van der Waals surface area (Å²) in [6.07, 6.45) is 0. The zero-order valence-corrected chi connectivity index (χ0v) is 9.17. The number of aliphatic hydroxyl groups is 1. The van der Waals surface area contributed by atoms with Gasteiger partial charge in [0.05, 0.1) is 17.5 Å². The minimum absolute atomic E-state index is 0.0191. The SMILES string of the molecule is CC(C)[C@@H](CO)NC(=O)c1cccs1. The lowest BCUT2D eigenvalue weighted by atomic mass is 10.1. The molecule has 1 atom stereocenters. The number of hydrogen-bond acceptors (Lipinski definition) is 3. The molecule has 3 nitrogen and oxygen atoms in total. The van der Waals surface area contributed by atoms with Gasteiger partial charge in [0.2, 0.25) is 0 Å². The van der Waals surface area contributed by atoms with Crippen LogP contribution in [0.5, 0.6) is 0 Å². The second-order valence-electron chi connectivity index (χ2n) is 3.48. The molecule has 78 valence electrons. The van der Waals surface area contributed by atoms with Crippen LogP contribution in [-0.4, -0.2) is 23.7 Å². The lowest BCUT2D eigenvalue weighted by Gasteiger charge is -2.19. The highest BCUT2D eigenvalue weighted by Crippen LogP contribution is 2.09. The largest absolute Gasteiger partial charge is 0.394 e. The Kier molecular flexibility index (Phi) is 4.10. The number of amides is 1. The molecule has 1 aromatic heterocycles. The summed E-state index contributed by atoms with van der Waals surface area (Å²) in [7, 11) is 0. The summed E-state index contributed by atoms with van der Waals surface area (Å²) in [6.45, 7) is 3.92. The highest BCUT2D eigenvalue weighted by molar-refractivity contribution is 7.12. The molecule has 0 saturated carbocycles. The zero-order chi connectivity index (χ0) is 10.6. The fraction of sp³-hybridized carbons (Fsp3) is 0.500. The van der Waals surface area contributed by atoms with Crippen LogP contribution in [0, 0.1) is 5.92 Å². The predicted octanol–water partition coefficient (Wildman–Crippen LogP) is 1.49. The van der Waals surface area contributed by atoms with Gasteiger partial charge >= 0.3 is 0 Å². The van der Waals surface area contributed by atoms with E-state index in [-0.39, 0.29) is 24.5 Å². The van der Waals surface area contributed by atoms with Gasteiger partial charge in [0.15, 0.2) is 0 Å². The first-order chi connectivity index (χ1) is 6.65. The summed E-state index contributed by atoms with van der Waals surface area (Å²) < 4.78 is 0. The number of thiophene rings is 1. The van der Waals surface area contributed by atoms with Crippen LogP contribution in [-0.2, 0) is 0 Å². The van der Waals surface area contributed by atoms with Gasteiger partial charge in [0.25, 0.3) is 5.91 Å². The molecular formula is C10H15NO2S. The lowest BCUT2D eigenvalue weighted by Crippen LogP contribution is -2.40. The maximum Gasteiger partial charge on any atom is 0.261 e. The molecule has 0 aliphatic heterocycles. The van der Waals surface area contributed by atoms with Gasteiger partial charge in [-0.05, 0) is 17.4 Å². The van der Waals surface area contributed by atoms with Crippen LogP contribution in [0.25, 0.3) is 0 Å². The molecule has 2 N–H and O–H groups in total. The van der Waals surface area contributed by atoms with Crippen molar-refractivity contribution in [1.82, 2.24) is 5.32 Å². The standard InChI is InChI=1S/C10H15NO2S/c1-7(2)8(6-12)11-10(13)9-4-3-5-14-9/h3-5,7-8,12H,6H2,1-2H3,(H,11,13)/t8-/m1/s1.